The first-order chi connectivity index (χ1) is 8.69. The number of methoxy groups -OCH3 is 1. The van der Waals surface area contributed by atoms with Gasteiger partial charge < -0.3 is 20.5 Å². The molecule has 0 amide bonds. The van der Waals surface area contributed by atoms with Gasteiger partial charge in [-0.25, -0.2) is 0 Å². The van der Waals surface area contributed by atoms with E-state index in [-0.39, 0.29) is 0 Å². The van der Waals surface area contributed by atoms with Crippen molar-refractivity contribution in [2.75, 3.05) is 31.4 Å². The van der Waals surface area contributed by atoms with Crippen molar-refractivity contribution in [1.82, 2.24) is 0 Å². The van der Waals surface area contributed by atoms with Crippen LogP contribution in [0.3, 0.4) is 0 Å². The van der Waals surface area contributed by atoms with Crippen LogP contribution < -0.4 is 15.8 Å². The van der Waals surface area contributed by atoms with Crippen molar-refractivity contribution in [2.45, 2.75) is 25.8 Å². The SMILES string of the molecule is COc1cc(N)cc(NC(C)C2CCOCC2)c1. The second kappa shape index (κ2) is 5.96. The van der Waals surface area contributed by atoms with E-state index in [0.29, 0.717) is 12.0 Å². The Kier molecular flexibility index (Phi) is 4.31. The summed E-state index contributed by atoms with van der Waals surface area (Å²) in [5, 5.41) is 3.51. The molecule has 1 aliphatic rings. The Morgan fingerprint density at radius 1 is 1.33 bits per heavy atom. The van der Waals surface area contributed by atoms with E-state index >= 15 is 0 Å². The van der Waals surface area contributed by atoms with Crippen molar-refractivity contribution < 1.29 is 9.47 Å². The maximum Gasteiger partial charge on any atom is 0.122 e. The number of rotatable bonds is 4. The Hall–Kier alpha value is -1.42. The zero-order valence-electron chi connectivity index (χ0n) is 11.1. The average Bonchev–Trinajstić information content (AvgIpc) is 2.39. The van der Waals surface area contributed by atoms with Gasteiger partial charge >= 0.3 is 0 Å². The molecule has 18 heavy (non-hydrogen) atoms. The van der Waals surface area contributed by atoms with Gasteiger partial charge in [0, 0.05) is 42.8 Å². The lowest BCUT2D eigenvalue weighted by Gasteiger charge is -2.29. The molecule has 1 fully saturated rings. The standard InChI is InChI=1S/C14H22N2O2/c1-10(11-3-5-18-6-4-11)16-13-7-12(15)8-14(9-13)17-2/h7-11,16H,3-6,15H2,1-2H3. The van der Waals surface area contributed by atoms with E-state index in [9.17, 15) is 0 Å². The van der Waals surface area contributed by atoms with Crippen molar-refractivity contribution in [3.05, 3.63) is 18.2 Å². The van der Waals surface area contributed by atoms with Gasteiger partial charge in [-0.05, 0) is 31.7 Å². The number of nitrogen functional groups attached to an aromatic ring is 1. The smallest absolute Gasteiger partial charge is 0.122 e. The highest BCUT2D eigenvalue weighted by molar-refractivity contribution is 5.59. The molecule has 0 bridgehead atoms. The molecule has 4 heteroatoms. The summed E-state index contributed by atoms with van der Waals surface area (Å²) < 4.78 is 10.6. The maximum atomic E-state index is 5.85. The molecule has 0 aromatic heterocycles. The molecule has 1 aromatic rings. The van der Waals surface area contributed by atoms with Crippen LogP contribution in [0.25, 0.3) is 0 Å². The summed E-state index contributed by atoms with van der Waals surface area (Å²) in [5.41, 5.74) is 7.59. The van der Waals surface area contributed by atoms with Crippen molar-refractivity contribution in [3.63, 3.8) is 0 Å². The van der Waals surface area contributed by atoms with Crippen LogP contribution in [0.2, 0.25) is 0 Å². The van der Waals surface area contributed by atoms with Crippen molar-refractivity contribution in [2.24, 2.45) is 5.92 Å². The lowest BCUT2D eigenvalue weighted by Crippen LogP contribution is -2.30. The largest absolute Gasteiger partial charge is 0.497 e. The minimum absolute atomic E-state index is 0.417. The topological polar surface area (TPSA) is 56.5 Å². The van der Waals surface area contributed by atoms with Gasteiger partial charge in [-0.2, -0.15) is 0 Å². The van der Waals surface area contributed by atoms with E-state index in [0.717, 1.165) is 43.2 Å². The van der Waals surface area contributed by atoms with Gasteiger partial charge in [0.25, 0.3) is 0 Å². The molecule has 0 saturated carbocycles. The van der Waals surface area contributed by atoms with Gasteiger partial charge in [-0.3, -0.25) is 0 Å². The highest BCUT2D eigenvalue weighted by atomic mass is 16.5. The fourth-order valence-corrected chi connectivity index (χ4v) is 2.42. The molecule has 2 rings (SSSR count). The fourth-order valence-electron chi connectivity index (χ4n) is 2.42. The maximum absolute atomic E-state index is 5.85. The van der Waals surface area contributed by atoms with Crippen LogP contribution in [0.15, 0.2) is 18.2 Å². The average molecular weight is 250 g/mol. The van der Waals surface area contributed by atoms with Gasteiger partial charge in [-0.15, -0.1) is 0 Å². The van der Waals surface area contributed by atoms with E-state index in [4.69, 9.17) is 15.2 Å². The summed E-state index contributed by atoms with van der Waals surface area (Å²) in [6.07, 6.45) is 2.24. The highest BCUT2D eigenvalue weighted by Crippen LogP contribution is 2.26. The summed E-state index contributed by atoms with van der Waals surface area (Å²) >= 11 is 0. The van der Waals surface area contributed by atoms with Crippen LogP contribution in [-0.4, -0.2) is 26.4 Å². The number of anilines is 2. The first kappa shape index (κ1) is 13.0. The molecule has 1 unspecified atom stereocenters. The first-order valence-corrected chi connectivity index (χ1v) is 6.48. The zero-order chi connectivity index (χ0) is 13.0. The van der Waals surface area contributed by atoms with E-state index in [1.807, 2.05) is 18.2 Å². The Bertz CT molecular complexity index is 389. The van der Waals surface area contributed by atoms with Crippen LogP contribution in [0, 0.1) is 5.92 Å². The minimum Gasteiger partial charge on any atom is -0.497 e. The van der Waals surface area contributed by atoms with Crippen molar-refractivity contribution in [3.8, 4) is 5.75 Å². The number of hydrogen-bond acceptors (Lipinski definition) is 4. The lowest BCUT2D eigenvalue weighted by atomic mass is 9.93. The molecule has 0 aliphatic carbocycles. The van der Waals surface area contributed by atoms with Crippen molar-refractivity contribution in [1.29, 1.82) is 0 Å². The molecular formula is C14H22N2O2. The fraction of sp³-hybridized carbons (Fsp3) is 0.571. The molecule has 1 aromatic carbocycles. The molecule has 4 nitrogen and oxygen atoms in total. The van der Waals surface area contributed by atoms with Gasteiger partial charge in [0.1, 0.15) is 5.75 Å². The molecule has 1 atom stereocenters. The number of benzene rings is 1. The van der Waals surface area contributed by atoms with E-state index < -0.39 is 0 Å². The van der Waals surface area contributed by atoms with Crippen LogP contribution in [0.5, 0.6) is 5.75 Å². The third kappa shape index (κ3) is 3.29. The highest BCUT2D eigenvalue weighted by Gasteiger charge is 2.20. The predicted molar refractivity (Wildman–Crippen MR) is 74.0 cm³/mol. The van der Waals surface area contributed by atoms with Crippen LogP contribution >= 0.6 is 0 Å². The van der Waals surface area contributed by atoms with E-state index in [2.05, 4.69) is 12.2 Å². The van der Waals surface area contributed by atoms with E-state index in [1.165, 1.54) is 0 Å². The molecular weight excluding hydrogens is 228 g/mol. The van der Waals surface area contributed by atoms with Gasteiger partial charge in [0.05, 0.1) is 7.11 Å². The number of ether oxygens (including phenoxy) is 2. The van der Waals surface area contributed by atoms with Crippen LogP contribution in [0.4, 0.5) is 11.4 Å². The van der Waals surface area contributed by atoms with Crippen molar-refractivity contribution >= 4 is 11.4 Å². The molecule has 0 spiro atoms. The Morgan fingerprint density at radius 2 is 2.06 bits per heavy atom. The Balaban J connectivity index is 2.01. The van der Waals surface area contributed by atoms with Gasteiger partial charge in [0.15, 0.2) is 0 Å². The normalized spacial score (nSPS) is 18.3. The lowest BCUT2D eigenvalue weighted by molar-refractivity contribution is 0.0622. The van der Waals surface area contributed by atoms with Gasteiger partial charge in [0.2, 0.25) is 0 Å². The molecule has 100 valence electrons. The molecule has 1 saturated heterocycles. The third-order valence-electron chi connectivity index (χ3n) is 3.53. The van der Waals surface area contributed by atoms with E-state index in [1.54, 1.807) is 7.11 Å². The number of nitrogens with one attached hydrogen (secondary N) is 1. The van der Waals surface area contributed by atoms with Crippen LogP contribution in [-0.2, 0) is 4.74 Å². The van der Waals surface area contributed by atoms with Gasteiger partial charge in [-0.1, -0.05) is 0 Å². The zero-order valence-corrected chi connectivity index (χ0v) is 11.1. The summed E-state index contributed by atoms with van der Waals surface area (Å²) in [7, 11) is 1.65. The molecule has 3 N–H and O–H groups in total. The molecule has 1 heterocycles. The number of nitrogens with two attached hydrogens (primary N) is 1. The second-order valence-corrected chi connectivity index (χ2v) is 4.88. The second-order valence-electron chi connectivity index (χ2n) is 4.88. The summed E-state index contributed by atoms with van der Waals surface area (Å²) in [5.74, 6) is 1.45. The van der Waals surface area contributed by atoms with Crippen LogP contribution in [0.1, 0.15) is 19.8 Å². The molecule has 1 aliphatic heterocycles. The Labute approximate surface area is 108 Å². The Morgan fingerprint density at radius 3 is 2.72 bits per heavy atom. The summed E-state index contributed by atoms with van der Waals surface area (Å²) in [6, 6.07) is 6.16. The minimum atomic E-state index is 0.417. The first-order valence-electron chi connectivity index (χ1n) is 6.48. The third-order valence-corrected chi connectivity index (χ3v) is 3.53. The number of hydrogen-bond donors (Lipinski definition) is 2. The predicted octanol–water partition coefficient (Wildman–Crippen LogP) is 2.50. The monoisotopic (exact) mass is 250 g/mol. The summed E-state index contributed by atoms with van der Waals surface area (Å²) in [4.78, 5) is 0. The summed E-state index contributed by atoms with van der Waals surface area (Å²) in [6.45, 7) is 3.96. The quantitative estimate of drug-likeness (QED) is 0.806. The molecule has 0 radical (unpaired) electrons.